The monoisotopic (exact) mass is 582 g/mol. The van der Waals surface area contributed by atoms with Crippen LogP contribution in [0.5, 0.6) is 0 Å². The zero-order chi connectivity index (χ0) is 30.5. The van der Waals surface area contributed by atoms with Gasteiger partial charge in [0.25, 0.3) is 0 Å². The van der Waals surface area contributed by atoms with Crippen molar-refractivity contribution in [3.63, 3.8) is 0 Å². The first kappa shape index (κ1) is 26.4. The van der Waals surface area contributed by atoms with Crippen LogP contribution in [0.1, 0.15) is 11.1 Å². The van der Waals surface area contributed by atoms with Gasteiger partial charge in [-0.3, -0.25) is 0 Å². The first-order chi connectivity index (χ1) is 22.8. The van der Waals surface area contributed by atoms with Crippen LogP contribution in [0.25, 0.3) is 89.3 Å². The van der Waals surface area contributed by atoms with Crippen molar-refractivity contribution in [3.05, 3.63) is 181 Å². The lowest BCUT2D eigenvalue weighted by Gasteiger charge is -2.20. The van der Waals surface area contributed by atoms with Crippen molar-refractivity contribution in [2.75, 3.05) is 0 Å². The summed E-state index contributed by atoms with van der Waals surface area (Å²) in [6.07, 6.45) is 4.36. The molecule has 0 N–H and O–H groups in total. The second kappa shape index (κ2) is 10.9. The van der Waals surface area contributed by atoms with E-state index in [9.17, 15) is 0 Å². The van der Waals surface area contributed by atoms with Crippen molar-refractivity contribution in [3.8, 4) is 55.6 Å². The summed E-state index contributed by atoms with van der Waals surface area (Å²) in [7, 11) is 0. The number of rotatable bonds is 5. The fourth-order valence-electron chi connectivity index (χ4n) is 7.39. The van der Waals surface area contributed by atoms with Crippen molar-refractivity contribution in [1.82, 2.24) is 0 Å². The maximum Gasteiger partial charge on any atom is -0.000741 e. The quantitative estimate of drug-likeness (QED) is 0.177. The molecule has 0 spiro atoms. The summed E-state index contributed by atoms with van der Waals surface area (Å²) in [6, 6.07) is 61.8. The molecule has 0 heterocycles. The summed E-state index contributed by atoms with van der Waals surface area (Å²) >= 11 is 0. The van der Waals surface area contributed by atoms with E-state index < -0.39 is 0 Å². The van der Waals surface area contributed by atoms with Crippen LogP contribution in [-0.4, -0.2) is 0 Å². The van der Waals surface area contributed by atoms with E-state index in [1.807, 2.05) is 0 Å². The molecule has 0 nitrogen and oxygen atoms in total. The molecule has 0 aliphatic heterocycles. The standard InChI is InChI=1S/C46H30/c1-4-13-31(14-5-1)23-24-32-25-27-33(28-26-32)36-29-30-41-44-37(36)21-12-22-40(44)45-42(34-15-6-2-7-16-34)38-19-10-11-20-39(38)43(46(41)45)35-17-8-3-9-18-35/h1-30H/b24-23+. The first-order valence-electron chi connectivity index (χ1n) is 15.9. The van der Waals surface area contributed by atoms with Gasteiger partial charge in [-0.1, -0.05) is 182 Å². The molecule has 1 aliphatic rings. The second-order valence-corrected chi connectivity index (χ2v) is 12.0. The largest absolute Gasteiger partial charge is 0.0622 e. The van der Waals surface area contributed by atoms with Crippen molar-refractivity contribution in [1.29, 1.82) is 0 Å². The fourth-order valence-corrected chi connectivity index (χ4v) is 7.39. The molecule has 0 unspecified atom stereocenters. The Morgan fingerprint density at radius 3 is 1.30 bits per heavy atom. The van der Waals surface area contributed by atoms with Crippen LogP contribution in [0, 0.1) is 0 Å². The topological polar surface area (TPSA) is 0 Å². The number of hydrogen-bond donors (Lipinski definition) is 0. The molecule has 0 atom stereocenters. The Kier molecular flexibility index (Phi) is 6.25. The molecule has 8 aromatic carbocycles. The van der Waals surface area contributed by atoms with E-state index in [1.54, 1.807) is 0 Å². The average Bonchev–Trinajstić information content (AvgIpc) is 3.46. The highest BCUT2D eigenvalue weighted by Gasteiger charge is 2.31. The summed E-state index contributed by atoms with van der Waals surface area (Å²) < 4.78 is 0. The summed E-state index contributed by atoms with van der Waals surface area (Å²) in [4.78, 5) is 0. The molecule has 0 saturated heterocycles. The smallest absolute Gasteiger partial charge is 0.000741 e. The van der Waals surface area contributed by atoms with Crippen molar-refractivity contribution in [2.24, 2.45) is 0 Å². The van der Waals surface area contributed by atoms with Gasteiger partial charge in [-0.2, -0.15) is 0 Å². The molecule has 0 amide bonds. The van der Waals surface area contributed by atoms with Crippen LogP contribution in [-0.2, 0) is 0 Å². The van der Waals surface area contributed by atoms with Gasteiger partial charge < -0.3 is 0 Å². The van der Waals surface area contributed by atoms with E-state index in [0.29, 0.717) is 0 Å². The molecule has 1 aliphatic carbocycles. The minimum Gasteiger partial charge on any atom is -0.0622 e. The van der Waals surface area contributed by atoms with Crippen molar-refractivity contribution >= 4 is 33.7 Å². The third-order valence-electron chi connectivity index (χ3n) is 9.41. The zero-order valence-electron chi connectivity index (χ0n) is 25.3. The Morgan fingerprint density at radius 1 is 0.261 bits per heavy atom. The normalized spacial score (nSPS) is 11.8. The molecule has 9 rings (SSSR count). The van der Waals surface area contributed by atoms with E-state index in [0.717, 1.165) is 0 Å². The highest BCUT2D eigenvalue weighted by atomic mass is 14.3. The van der Waals surface area contributed by atoms with Crippen LogP contribution in [0.3, 0.4) is 0 Å². The molecule has 0 fully saturated rings. The lowest BCUT2D eigenvalue weighted by molar-refractivity contribution is 1.62. The lowest BCUT2D eigenvalue weighted by atomic mass is 9.82. The SMILES string of the molecule is C(=C\c1ccc(-c2ccc3c4c(cccc24)-c2c-3c(-c3ccccc3)c3ccccc3c2-c2ccccc2)cc1)/c1ccccc1. The molecule has 8 aromatic rings. The van der Waals surface area contributed by atoms with Crippen LogP contribution >= 0.6 is 0 Å². The van der Waals surface area contributed by atoms with Gasteiger partial charge in [0.05, 0.1) is 0 Å². The highest BCUT2D eigenvalue weighted by Crippen LogP contribution is 2.58. The van der Waals surface area contributed by atoms with Crippen LogP contribution in [0.4, 0.5) is 0 Å². The molecular weight excluding hydrogens is 553 g/mol. The van der Waals surface area contributed by atoms with Gasteiger partial charge in [-0.25, -0.2) is 0 Å². The Labute approximate surface area is 269 Å². The molecule has 0 heteroatoms. The third-order valence-corrected chi connectivity index (χ3v) is 9.41. The van der Waals surface area contributed by atoms with Crippen LogP contribution in [0.2, 0.25) is 0 Å². The Balaban J connectivity index is 1.28. The van der Waals surface area contributed by atoms with Gasteiger partial charge in [0.1, 0.15) is 0 Å². The van der Waals surface area contributed by atoms with Gasteiger partial charge >= 0.3 is 0 Å². The Hall–Kier alpha value is -5.98. The molecule has 0 radical (unpaired) electrons. The maximum atomic E-state index is 2.37. The van der Waals surface area contributed by atoms with Crippen molar-refractivity contribution < 1.29 is 0 Å². The Bertz CT molecular complexity index is 2320. The summed E-state index contributed by atoms with van der Waals surface area (Å²) in [5.74, 6) is 0. The first-order valence-corrected chi connectivity index (χ1v) is 15.9. The third kappa shape index (κ3) is 4.23. The molecular formula is C46H30. The predicted octanol–water partition coefficient (Wildman–Crippen LogP) is 12.8. The zero-order valence-corrected chi connectivity index (χ0v) is 25.3. The van der Waals surface area contributed by atoms with Gasteiger partial charge in [-0.15, -0.1) is 0 Å². The van der Waals surface area contributed by atoms with E-state index in [4.69, 9.17) is 0 Å². The fraction of sp³-hybridized carbons (Fsp3) is 0. The van der Waals surface area contributed by atoms with E-state index >= 15 is 0 Å². The second-order valence-electron chi connectivity index (χ2n) is 12.0. The molecule has 0 bridgehead atoms. The summed E-state index contributed by atoms with van der Waals surface area (Å²) in [5, 5.41) is 5.21. The molecule has 0 aromatic heterocycles. The van der Waals surface area contributed by atoms with Crippen molar-refractivity contribution in [2.45, 2.75) is 0 Å². The van der Waals surface area contributed by atoms with Crippen LogP contribution < -0.4 is 0 Å². The maximum absolute atomic E-state index is 2.37. The van der Waals surface area contributed by atoms with E-state index in [1.165, 1.54) is 88.3 Å². The van der Waals surface area contributed by atoms with E-state index in [2.05, 4.69) is 182 Å². The molecule has 46 heavy (non-hydrogen) atoms. The predicted molar refractivity (Wildman–Crippen MR) is 198 cm³/mol. The minimum absolute atomic E-state index is 1.19. The van der Waals surface area contributed by atoms with Gasteiger partial charge in [-0.05, 0) is 88.3 Å². The number of benzene rings is 8. The number of fused-ring (bicyclic) bond motifs is 4. The molecule has 0 saturated carbocycles. The van der Waals surface area contributed by atoms with Gasteiger partial charge in [0, 0.05) is 0 Å². The van der Waals surface area contributed by atoms with E-state index in [-0.39, 0.29) is 0 Å². The number of hydrogen-bond acceptors (Lipinski definition) is 0. The molecule has 214 valence electrons. The Morgan fingerprint density at radius 2 is 0.717 bits per heavy atom. The highest BCUT2D eigenvalue weighted by molar-refractivity contribution is 6.28. The van der Waals surface area contributed by atoms with Crippen LogP contribution in [0.15, 0.2) is 170 Å². The van der Waals surface area contributed by atoms with Gasteiger partial charge in [0.2, 0.25) is 0 Å². The average molecular weight is 583 g/mol. The summed E-state index contributed by atoms with van der Waals surface area (Å²) in [5.41, 5.74) is 15.3. The van der Waals surface area contributed by atoms with Gasteiger partial charge in [0.15, 0.2) is 0 Å². The summed E-state index contributed by atoms with van der Waals surface area (Å²) in [6.45, 7) is 0. The minimum atomic E-state index is 1.19. The lowest BCUT2D eigenvalue weighted by Crippen LogP contribution is -1.93.